The van der Waals surface area contributed by atoms with Gasteiger partial charge in [-0.2, -0.15) is 0 Å². The third-order valence-corrected chi connectivity index (χ3v) is 4.56. The first-order valence-electron chi connectivity index (χ1n) is 8.16. The van der Waals surface area contributed by atoms with Crippen LogP contribution in [0, 0.1) is 0 Å². The number of hydrogen-bond donors (Lipinski definition) is 0. The molecule has 0 fully saturated rings. The summed E-state index contributed by atoms with van der Waals surface area (Å²) in [6.07, 6.45) is 0. The first-order valence-corrected chi connectivity index (χ1v) is 8.16. The second-order valence-electron chi connectivity index (χ2n) is 6.29. The smallest absolute Gasteiger partial charge is 0.231 e. The SMILES string of the molecule is CC(=O)N1c2ccccc2N(Cc2ccc3c(c2)OCO3)CC1C. The lowest BCUT2D eigenvalue weighted by atomic mass is 10.1. The van der Waals surface area contributed by atoms with E-state index in [9.17, 15) is 4.79 Å². The summed E-state index contributed by atoms with van der Waals surface area (Å²) in [6, 6.07) is 14.3. The van der Waals surface area contributed by atoms with Crippen LogP contribution in [-0.2, 0) is 11.3 Å². The van der Waals surface area contributed by atoms with Gasteiger partial charge < -0.3 is 19.3 Å². The Bertz CT molecular complexity index is 790. The standard InChI is InChI=1S/C19H20N2O3/c1-13-10-20(11-15-7-8-18-19(9-15)24-12-23-18)16-5-3-4-6-17(16)21(13)14(2)22/h3-9,13H,10-12H2,1-2H3. The summed E-state index contributed by atoms with van der Waals surface area (Å²) in [5.74, 6) is 1.68. The van der Waals surface area contributed by atoms with E-state index >= 15 is 0 Å². The molecular weight excluding hydrogens is 304 g/mol. The lowest BCUT2D eigenvalue weighted by molar-refractivity contribution is -0.117. The Kier molecular flexibility index (Phi) is 3.56. The van der Waals surface area contributed by atoms with Crippen LogP contribution in [0.3, 0.4) is 0 Å². The van der Waals surface area contributed by atoms with Crippen LogP contribution in [0.25, 0.3) is 0 Å². The minimum Gasteiger partial charge on any atom is -0.454 e. The maximum Gasteiger partial charge on any atom is 0.231 e. The molecule has 1 amide bonds. The summed E-state index contributed by atoms with van der Waals surface area (Å²) in [7, 11) is 0. The Hall–Kier alpha value is -2.69. The third-order valence-electron chi connectivity index (χ3n) is 4.56. The number of anilines is 2. The molecule has 2 aromatic carbocycles. The van der Waals surface area contributed by atoms with Gasteiger partial charge in [-0.1, -0.05) is 18.2 Å². The molecule has 5 heteroatoms. The molecule has 2 aliphatic rings. The topological polar surface area (TPSA) is 42.0 Å². The van der Waals surface area contributed by atoms with Gasteiger partial charge in [0.1, 0.15) is 0 Å². The Balaban J connectivity index is 1.66. The van der Waals surface area contributed by atoms with E-state index in [-0.39, 0.29) is 18.7 Å². The van der Waals surface area contributed by atoms with E-state index in [0.717, 1.165) is 41.5 Å². The van der Waals surface area contributed by atoms with Crippen molar-refractivity contribution in [2.24, 2.45) is 0 Å². The van der Waals surface area contributed by atoms with E-state index < -0.39 is 0 Å². The van der Waals surface area contributed by atoms with Crippen LogP contribution in [0.5, 0.6) is 11.5 Å². The van der Waals surface area contributed by atoms with Crippen molar-refractivity contribution >= 4 is 17.3 Å². The summed E-state index contributed by atoms with van der Waals surface area (Å²) >= 11 is 0. The molecule has 0 aliphatic carbocycles. The Labute approximate surface area is 141 Å². The fourth-order valence-corrected chi connectivity index (χ4v) is 3.56. The van der Waals surface area contributed by atoms with Gasteiger partial charge in [0.25, 0.3) is 0 Å². The van der Waals surface area contributed by atoms with E-state index in [1.807, 2.05) is 35.2 Å². The number of fused-ring (bicyclic) bond motifs is 2. The molecule has 1 unspecified atom stereocenters. The molecule has 0 saturated carbocycles. The van der Waals surface area contributed by atoms with Crippen molar-refractivity contribution in [2.45, 2.75) is 26.4 Å². The first kappa shape index (κ1) is 14.9. The molecule has 1 atom stereocenters. The zero-order valence-electron chi connectivity index (χ0n) is 13.9. The summed E-state index contributed by atoms with van der Waals surface area (Å²) in [5.41, 5.74) is 3.23. The van der Waals surface area contributed by atoms with E-state index in [0.29, 0.717) is 0 Å². The maximum atomic E-state index is 12.0. The van der Waals surface area contributed by atoms with Gasteiger partial charge >= 0.3 is 0 Å². The number of ether oxygens (including phenoxy) is 2. The minimum absolute atomic E-state index is 0.0812. The lowest BCUT2D eigenvalue weighted by Crippen LogP contribution is -2.49. The van der Waals surface area contributed by atoms with Crippen molar-refractivity contribution in [3.63, 3.8) is 0 Å². The van der Waals surface area contributed by atoms with Crippen molar-refractivity contribution in [1.82, 2.24) is 0 Å². The van der Waals surface area contributed by atoms with Crippen molar-refractivity contribution in [3.05, 3.63) is 48.0 Å². The van der Waals surface area contributed by atoms with Crippen LogP contribution < -0.4 is 19.3 Å². The zero-order chi connectivity index (χ0) is 16.7. The van der Waals surface area contributed by atoms with Gasteiger partial charge in [0.15, 0.2) is 11.5 Å². The maximum absolute atomic E-state index is 12.0. The zero-order valence-corrected chi connectivity index (χ0v) is 13.9. The van der Waals surface area contributed by atoms with E-state index in [1.165, 1.54) is 0 Å². The van der Waals surface area contributed by atoms with Gasteiger partial charge in [-0.3, -0.25) is 4.79 Å². The molecule has 2 heterocycles. The van der Waals surface area contributed by atoms with Crippen LogP contribution in [0.15, 0.2) is 42.5 Å². The average Bonchev–Trinajstić information content (AvgIpc) is 3.02. The van der Waals surface area contributed by atoms with Crippen LogP contribution in [0.4, 0.5) is 11.4 Å². The van der Waals surface area contributed by atoms with E-state index in [1.54, 1.807) is 6.92 Å². The average molecular weight is 324 g/mol. The lowest BCUT2D eigenvalue weighted by Gasteiger charge is -2.41. The number of carbonyl (C=O) groups is 1. The number of nitrogens with zero attached hydrogens (tertiary/aromatic N) is 2. The summed E-state index contributed by atoms with van der Waals surface area (Å²) in [5, 5.41) is 0. The highest BCUT2D eigenvalue weighted by atomic mass is 16.7. The molecule has 124 valence electrons. The Morgan fingerprint density at radius 1 is 1.12 bits per heavy atom. The fraction of sp³-hybridized carbons (Fsp3) is 0.316. The van der Waals surface area contributed by atoms with Crippen LogP contribution in [-0.4, -0.2) is 25.3 Å². The number of hydrogen-bond acceptors (Lipinski definition) is 4. The summed E-state index contributed by atoms with van der Waals surface area (Å²) in [4.78, 5) is 16.2. The second-order valence-corrected chi connectivity index (χ2v) is 6.29. The first-order chi connectivity index (χ1) is 11.6. The van der Waals surface area contributed by atoms with Crippen LogP contribution >= 0.6 is 0 Å². The molecule has 2 aliphatic heterocycles. The predicted octanol–water partition coefficient (Wildman–Crippen LogP) is 3.18. The molecule has 0 aromatic heterocycles. The van der Waals surface area contributed by atoms with Crippen molar-refractivity contribution < 1.29 is 14.3 Å². The van der Waals surface area contributed by atoms with Gasteiger partial charge in [0.2, 0.25) is 12.7 Å². The molecule has 24 heavy (non-hydrogen) atoms. The van der Waals surface area contributed by atoms with Gasteiger partial charge in [0.05, 0.1) is 17.4 Å². The van der Waals surface area contributed by atoms with Gasteiger partial charge in [-0.05, 0) is 36.8 Å². The quantitative estimate of drug-likeness (QED) is 0.851. The van der Waals surface area contributed by atoms with Gasteiger partial charge in [0, 0.05) is 20.0 Å². The van der Waals surface area contributed by atoms with Crippen molar-refractivity contribution in [2.75, 3.05) is 23.1 Å². The largest absolute Gasteiger partial charge is 0.454 e. The highest BCUT2D eigenvalue weighted by molar-refractivity contribution is 5.97. The molecule has 0 N–H and O–H groups in total. The number of benzene rings is 2. The second kappa shape index (κ2) is 5.74. The summed E-state index contributed by atoms with van der Waals surface area (Å²) < 4.78 is 10.9. The number of rotatable bonds is 2. The molecule has 0 saturated heterocycles. The molecule has 0 spiro atoms. The van der Waals surface area contributed by atoms with E-state index in [2.05, 4.69) is 24.0 Å². The van der Waals surface area contributed by atoms with Crippen molar-refractivity contribution in [1.29, 1.82) is 0 Å². The van der Waals surface area contributed by atoms with Crippen LogP contribution in [0.1, 0.15) is 19.4 Å². The van der Waals surface area contributed by atoms with Crippen molar-refractivity contribution in [3.8, 4) is 11.5 Å². The highest BCUT2D eigenvalue weighted by Crippen LogP contribution is 2.37. The monoisotopic (exact) mass is 324 g/mol. The molecule has 2 aromatic rings. The molecule has 0 radical (unpaired) electrons. The number of para-hydroxylation sites is 2. The fourth-order valence-electron chi connectivity index (χ4n) is 3.56. The Morgan fingerprint density at radius 3 is 2.67 bits per heavy atom. The number of amides is 1. The Morgan fingerprint density at radius 2 is 1.88 bits per heavy atom. The highest BCUT2D eigenvalue weighted by Gasteiger charge is 2.30. The molecular formula is C19H20N2O3. The van der Waals surface area contributed by atoms with Gasteiger partial charge in [-0.15, -0.1) is 0 Å². The predicted molar refractivity (Wildman–Crippen MR) is 92.7 cm³/mol. The summed E-state index contributed by atoms with van der Waals surface area (Å²) in [6.45, 7) is 5.56. The molecule has 4 rings (SSSR count). The van der Waals surface area contributed by atoms with Crippen LogP contribution in [0.2, 0.25) is 0 Å². The molecule has 5 nitrogen and oxygen atoms in total. The van der Waals surface area contributed by atoms with E-state index in [4.69, 9.17) is 9.47 Å². The third kappa shape index (κ3) is 2.46. The van der Waals surface area contributed by atoms with Gasteiger partial charge in [-0.25, -0.2) is 0 Å². The normalized spacial score (nSPS) is 18.5. The number of carbonyl (C=O) groups excluding carboxylic acids is 1. The molecule has 0 bridgehead atoms. The minimum atomic E-state index is 0.0812.